The summed E-state index contributed by atoms with van der Waals surface area (Å²) in [7, 11) is 0. The van der Waals surface area contributed by atoms with Gasteiger partial charge in [0.05, 0.1) is 25.9 Å². The Hall–Kier alpha value is -2.08. The summed E-state index contributed by atoms with van der Waals surface area (Å²) in [5.41, 5.74) is 1.28. The van der Waals surface area contributed by atoms with E-state index in [1.54, 1.807) is 11.3 Å². The van der Waals surface area contributed by atoms with E-state index in [1.807, 2.05) is 30.0 Å². The van der Waals surface area contributed by atoms with Crippen molar-refractivity contribution in [2.75, 3.05) is 19.8 Å². The first-order valence-electron chi connectivity index (χ1n) is 9.85. The minimum atomic E-state index is -5.08. The molecule has 0 aromatic carbocycles. The van der Waals surface area contributed by atoms with Crippen molar-refractivity contribution in [1.82, 2.24) is 14.9 Å². The van der Waals surface area contributed by atoms with Crippen LogP contribution in [0.3, 0.4) is 0 Å². The van der Waals surface area contributed by atoms with Crippen LogP contribution in [-0.2, 0) is 27.4 Å². The number of halogens is 3. The first-order valence-corrected chi connectivity index (χ1v) is 10.7. The molecule has 3 atom stereocenters. The molecule has 2 aromatic heterocycles. The number of alkyl halides is 3. The van der Waals surface area contributed by atoms with Crippen molar-refractivity contribution in [2.24, 2.45) is 5.92 Å². The van der Waals surface area contributed by atoms with Gasteiger partial charge in [0.1, 0.15) is 5.01 Å². The number of fused-ring (bicyclic) bond motifs is 1. The molecule has 0 amide bonds. The first kappa shape index (κ1) is 23.6. The monoisotopic (exact) mass is 459 g/mol. The van der Waals surface area contributed by atoms with Crippen LogP contribution in [0.2, 0.25) is 0 Å². The summed E-state index contributed by atoms with van der Waals surface area (Å²) >= 11 is 1.65. The maximum Gasteiger partial charge on any atom is 0.490 e. The number of hydrogen-bond donors (Lipinski definition) is 1. The standard InChI is InChI=1S/C18H23N3O2S.C2HF3O2/c1-2-14(10-19-5-1)11-21-7-8-23-18-15(3-4-16(18)21)12-22-13-17-20-6-9-24-17;3-2(4,5)1(6)7/h1-2,5-6,9-10,15-16,18H,3-4,7-8,11-13H2;(H,6,7). The van der Waals surface area contributed by atoms with Gasteiger partial charge in [-0.3, -0.25) is 9.88 Å². The molecule has 0 bridgehead atoms. The van der Waals surface area contributed by atoms with Crippen molar-refractivity contribution in [2.45, 2.75) is 44.3 Å². The summed E-state index contributed by atoms with van der Waals surface area (Å²) in [5.74, 6) is -2.26. The number of nitrogens with zero attached hydrogens (tertiary/aromatic N) is 3. The van der Waals surface area contributed by atoms with Crippen LogP contribution in [0.1, 0.15) is 23.4 Å². The topological polar surface area (TPSA) is 84.8 Å². The molecule has 2 aliphatic rings. The largest absolute Gasteiger partial charge is 0.490 e. The predicted octanol–water partition coefficient (Wildman–Crippen LogP) is 3.37. The Balaban J connectivity index is 0.000000339. The predicted molar refractivity (Wildman–Crippen MR) is 106 cm³/mol. The van der Waals surface area contributed by atoms with E-state index in [1.165, 1.54) is 18.4 Å². The van der Waals surface area contributed by atoms with Crippen LogP contribution in [0.5, 0.6) is 0 Å². The van der Waals surface area contributed by atoms with Crippen LogP contribution in [0, 0.1) is 5.92 Å². The van der Waals surface area contributed by atoms with Gasteiger partial charge in [0.25, 0.3) is 0 Å². The third kappa shape index (κ3) is 6.96. The second-order valence-corrected chi connectivity index (χ2v) is 8.29. The Kier molecular flexibility index (Phi) is 8.35. The average Bonchev–Trinajstić information content (AvgIpc) is 3.40. The maximum atomic E-state index is 10.6. The normalized spacial score (nSPS) is 23.6. The average molecular weight is 459 g/mol. The minimum Gasteiger partial charge on any atom is -0.475 e. The van der Waals surface area contributed by atoms with Crippen molar-refractivity contribution in [3.63, 3.8) is 0 Å². The number of carboxylic acid groups (broad SMARTS) is 1. The van der Waals surface area contributed by atoms with Crippen LogP contribution in [0.4, 0.5) is 13.2 Å². The number of morpholine rings is 1. The third-order valence-corrected chi connectivity index (χ3v) is 5.98. The summed E-state index contributed by atoms with van der Waals surface area (Å²) in [4.78, 5) is 20.0. The Bertz CT molecular complexity index is 808. The Labute approximate surface area is 181 Å². The Morgan fingerprint density at radius 3 is 2.81 bits per heavy atom. The number of pyridine rings is 1. The van der Waals surface area contributed by atoms with E-state index < -0.39 is 12.1 Å². The zero-order valence-electron chi connectivity index (χ0n) is 16.7. The van der Waals surface area contributed by atoms with Gasteiger partial charge in [-0.2, -0.15) is 13.2 Å². The van der Waals surface area contributed by atoms with E-state index >= 15 is 0 Å². The highest BCUT2D eigenvalue weighted by Crippen LogP contribution is 2.35. The van der Waals surface area contributed by atoms with Crippen LogP contribution in [0.15, 0.2) is 36.1 Å². The second kappa shape index (κ2) is 11.0. The van der Waals surface area contributed by atoms with E-state index in [0.29, 0.717) is 24.7 Å². The summed E-state index contributed by atoms with van der Waals surface area (Å²) in [5, 5.41) is 10.2. The smallest absolute Gasteiger partial charge is 0.475 e. The van der Waals surface area contributed by atoms with Gasteiger partial charge in [-0.1, -0.05) is 6.07 Å². The van der Waals surface area contributed by atoms with E-state index in [9.17, 15) is 13.2 Å². The number of thiazole rings is 1. The number of aromatic nitrogens is 2. The first-order chi connectivity index (χ1) is 14.8. The molecule has 1 saturated heterocycles. The van der Waals surface area contributed by atoms with Crippen molar-refractivity contribution < 1.29 is 32.5 Å². The number of aliphatic carboxylic acids is 1. The molecule has 0 radical (unpaired) electrons. The number of ether oxygens (including phenoxy) is 2. The summed E-state index contributed by atoms with van der Waals surface area (Å²) < 4.78 is 43.8. The molecular weight excluding hydrogens is 435 g/mol. The molecule has 2 fully saturated rings. The maximum absolute atomic E-state index is 10.6. The highest BCUT2D eigenvalue weighted by Gasteiger charge is 2.42. The second-order valence-electron chi connectivity index (χ2n) is 7.32. The highest BCUT2D eigenvalue weighted by atomic mass is 32.1. The molecule has 1 aliphatic carbocycles. The molecule has 31 heavy (non-hydrogen) atoms. The Morgan fingerprint density at radius 1 is 1.35 bits per heavy atom. The molecule has 1 N–H and O–H groups in total. The van der Waals surface area contributed by atoms with Gasteiger partial charge < -0.3 is 14.6 Å². The minimum absolute atomic E-state index is 0.298. The fourth-order valence-corrected chi connectivity index (χ4v) is 4.41. The number of carboxylic acids is 1. The SMILES string of the molecule is O=C(O)C(F)(F)F.c1cncc(CN2CCOC3C(COCc4nccs4)CCC32)c1. The van der Waals surface area contributed by atoms with Crippen LogP contribution < -0.4 is 0 Å². The zero-order chi connectivity index (χ0) is 22.3. The molecule has 7 nitrogen and oxygen atoms in total. The van der Waals surface area contributed by atoms with Crippen LogP contribution >= 0.6 is 11.3 Å². The molecule has 3 heterocycles. The summed E-state index contributed by atoms with van der Waals surface area (Å²) in [6, 6.07) is 4.67. The highest BCUT2D eigenvalue weighted by molar-refractivity contribution is 7.09. The molecular formula is C20H24F3N3O4S. The summed E-state index contributed by atoms with van der Waals surface area (Å²) in [6.07, 6.45) is 3.21. The van der Waals surface area contributed by atoms with E-state index in [2.05, 4.69) is 20.9 Å². The van der Waals surface area contributed by atoms with Crippen molar-refractivity contribution >= 4 is 17.3 Å². The Morgan fingerprint density at radius 2 is 2.16 bits per heavy atom. The van der Waals surface area contributed by atoms with Crippen molar-refractivity contribution in [3.05, 3.63) is 46.7 Å². The molecule has 11 heteroatoms. The molecule has 1 aliphatic heterocycles. The fraction of sp³-hybridized carbons (Fsp3) is 0.550. The molecule has 0 spiro atoms. The fourth-order valence-electron chi connectivity index (χ4n) is 3.86. The lowest BCUT2D eigenvalue weighted by atomic mass is 10.0. The van der Waals surface area contributed by atoms with E-state index in [0.717, 1.165) is 31.3 Å². The lowest BCUT2D eigenvalue weighted by Gasteiger charge is -2.39. The van der Waals surface area contributed by atoms with Gasteiger partial charge in [-0.05, 0) is 24.5 Å². The van der Waals surface area contributed by atoms with Gasteiger partial charge in [-0.15, -0.1) is 11.3 Å². The lowest BCUT2D eigenvalue weighted by molar-refractivity contribution is -0.192. The number of hydrogen-bond acceptors (Lipinski definition) is 7. The zero-order valence-corrected chi connectivity index (χ0v) is 17.5. The molecule has 1 saturated carbocycles. The molecule has 3 unspecified atom stereocenters. The third-order valence-electron chi connectivity index (χ3n) is 5.23. The van der Waals surface area contributed by atoms with Gasteiger partial charge in [0, 0.05) is 49.0 Å². The quantitative estimate of drug-likeness (QED) is 0.709. The van der Waals surface area contributed by atoms with Gasteiger partial charge in [-0.25, -0.2) is 9.78 Å². The van der Waals surface area contributed by atoms with Gasteiger partial charge in [0.2, 0.25) is 0 Å². The van der Waals surface area contributed by atoms with Crippen molar-refractivity contribution in [3.8, 4) is 0 Å². The molecule has 4 rings (SSSR count). The number of rotatable bonds is 6. The number of carbonyl (C=O) groups is 1. The van der Waals surface area contributed by atoms with Gasteiger partial charge >= 0.3 is 12.1 Å². The molecule has 2 aromatic rings. The van der Waals surface area contributed by atoms with Crippen LogP contribution in [0.25, 0.3) is 0 Å². The van der Waals surface area contributed by atoms with Gasteiger partial charge in [0.15, 0.2) is 0 Å². The van der Waals surface area contributed by atoms with E-state index in [4.69, 9.17) is 19.4 Å². The van der Waals surface area contributed by atoms with E-state index in [-0.39, 0.29) is 0 Å². The lowest BCUT2D eigenvalue weighted by Crippen LogP contribution is -2.50. The van der Waals surface area contributed by atoms with Crippen molar-refractivity contribution in [1.29, 1.82) is 0 Å². The summed E-state index contributed by atoms with van der Waals surface area (Å²) in [6.45, 7) is 4.16. The van der Waals surface area contributed by atoms with Crippen LogP contribution in [-0.4, -0.2) is 64.0 Å². The molecule has 170 valence electrons.